The number of aliphatic hydroxyl groups is 1. The highest BCUT2D eigenvalue weighted by Crippen LogP contribution is 2.39. The molecule has 1 saturated carbocycles. The van der Waals surface area contributed by atoms with E-state index < -0.39 is 0 Å². The Morgan fingerprint density at radius 2 is 2.14 bits per heavy atom. The van der Waals surface area contributed by atoms with Gasteiger partial charge in [0.25, 0.3) is 0 Å². The monoisotopic (exact) mass is 294 g/mol. The molecular weight excluding hydrogens is 272 g/mol. The quantitative estimate of drug-likeness (QED) is 0.927. The van der Waals surface area contributed by atoms with Crippen molar-refractivity contribution in [3.05, 3.63) is 28.3 Å². The Morgan fingerprint density at radius 3 is 2.86 bits per heavy atom. The predicted octanol–water partition coefficient (Wildman–Crippen LogP) is 2.39. The Kier molecular flexibility index (Phi) is 4.31. The summed E-state index contributed by atoms with van der Waals surface area (Å²) in [4.78, 5) is 11.9. The summed E-state index contributed by atoms with van der Waals surface area (Å²) in [5.74, 6) is 0.480. The Labute approximate surface area is 123 Å². The number of hydrogen-bond acceptors (Lipinski definition) is 5. The number of aliphatic hydroxyl groups excluding tert-OH is 1. The van der Waals surface area contributed by atoms with Crippen LogP contribution >= 0.6 is 0 Å². The number of ether oxygens (including phenoxy) is 2. The molecule has 0 bridgehead atoms. The van der Waals surface area contributed by atoms with Crippen LogP contribution in [0.2, 0.25) is 0 Å². The van der Waals surface area contributed by atoms with Gasteiger partial charge in [0.05, 0.1) is 12.2 Å². The molecule has 2 fully saturated rings. The summed E-state index contributed by atoms with van der Waals surface area (Å²) in [7, 11) is 0. The van der Waals surface area contributed by atoms with Crippen LogP contribution in [0.1, 0.15) is 50.7 Å². The molecule has 1 aliphatic heterocycles. The van der Waals surface area contributed by atoms with E-state index >= 15 is 0 Å². The van der Waals surface area contributed by atoms with E-state index in [-0.39, 0.29) is 35.3 Å². The first-order valence-electron chi connectivity index (χ1n) is 7.74. The van der Waals surface area contributed by atoms with Crippen molar-refractivity contribution in [1.82, 2.24) is 0 Å². The van der Waals surface area contributed by atoms with E-state index in [9.17, 15) is 4.79 Å². The van der Waals surface area contributed by atoms with E-state index in [0.717, 1.165) is 25.7 Å². The Balaban J connectivity index is 1.68. The second-order valence-electron chi connectivity index (χ2n) is 6.06. The highest BCUT2D eigenvalue weighted by molar-refractivity contribution is 5.18. The maximum atomic E-state index is 11.9. The summed E-state index contributed by atoms with van der Waals surface area (Å²) >= 11 is 0. The second kappa shape index (κ2) is 6.20. The minimum atomic E-state index is -0.282. The molecule has 2 aliphatic rings. The van der Waals surface area contributed by atoms with Gasteiger partial charge in [0.1, 0.15) is 24.7 Å². The summed E-state index contributed by atoms with van der Waals surface area (Å²) in [6.07, 6.45) is 8.81. The molecule has 0 radical (unpaired) electrons. The molecule has 116 valence electrons. The summed E-state index contributed by atoms with van der Waals surface area (Å²) < 4.78 is 17.0. The molecule has 5 nitrogen and oxygen atoms in total. The van der Waals surface area contributed by atoms with E-state index in [1.165, 1.54) is 31.6 Å². The summed E-state index contributed by atoms with van der Waals surface area (Å²) in [6, 6.07) is 1.28. The fraction of sp³-hybridized carbons (Fsp3) is 0.688. The highest BCUT2D eigenvalue weighted by Gasteiger charge is 2.39. The molecule has 5 heteroatoms. The summed E-state index contributed by atoms with van der Waals surface area (Å²) in [6.45, 7) is 0.403. The zero-order chi connectivity index (χ0) is 14.7. The van der Waals surface area contributed by atoms with Crippen LogP contribution in [0.15, 0.2) is 21.5 Å². The van der Waals surface area contributed by atoms with Gasteiger partial charge < -0.3 is 19.0 Å². The Hall–Kier alpha value is -1.33. The van der Waals surface area contributed by atoms with Crippen molar-refractivity contribution in [2.24, 2.45) is 0 Å². The van der Waals surface area contributed by atoms with Crippen LogP contribution in [0.3, 0.4) is 0 Å². The highest BCUT2D eigenvalue weighted by atomic mass is 16.5. The molecule has 3 rings (SSSR count). The molecule has 1 unspecified atom stereocenters. The molecular formula is C16H22O5. The van der Waals surface area contributed by atoms with Crippen molar-refractivity contribution in [1.29, 1.82) is 0 Å². The summed E-state index contributed by atoms with van der Waals surface area (Å²) in [5.41, 5.74) is -0.290. The van der Waals surface area contributed by atoms with Gasteiger partial charge >= 0.3 is 0 Å². The minimum absolute atomic E-state index is 0.000253. The number of rotatable bonds is 3. The minimum Gasteiger partial charge on any atom is -0.483 e. The van der Waals surface area contributed by atoms with Crippen molar-refractivity contribution in [2.45, 2.75) is 63.3 Å². The largest absolute Gasteiger partial charge is 0.483 e. The molecule has 0 amide bonds. The standard InChI is InChI=1S/C16H22O5/c17-10-13-8-14(18)15(11-19-13)21-12-4-7-20-16(9-12)5-2-1-3-6-16/h8,11-12,17H,1-7,9-10H2. The molecule has 1 N–H and O–H groups in total. The van der Waals surface area contributed by atoms with Crippen molar-refractivity contribution in [2.75, 3.05) is 6.61 Å². The van der Waals surface area contributed by atoms with Gasteiger partial charge in [0, 0.05) is 18.9 Å². The lowest BCUT2D eigenvalue weighted by Crippen LogP contribution is -2.45. The van der Waals surface area contributed by atoms with Crippen molar-refractivity contribution < 1.29 is 19.0 Å². The molecule has 2 heterocycles. The van der Waals surface area contributed by atoms with Gasteiger partial charge in [-0.2, -0.15) is 0 Å². The molecule has 1 aromatic rings. The average Bonchev–Trinajstić information content (AvgIpc) is 2.50. The zero-order valence-corrected chi connectivity index (χ0v) is 12.2. The smallest absolute Gasteiger partial charge is 0.227 e. The maximum Gasteiger partial charge on any atom is 0.227 e. The fourth-order valence-electron chi connectivity index (χ4n) is 3.41. The molecule has 1 spiro atoms. The van der Waals surface area contributed by atoms with Crippen LogP contribution in [-0.4, -0.2) is 23.4 Å². The third-order valence-electron chi connectivity index (χ3n) is 4.51. The van der Waals surface area contributed by atoms with E-state index in [2.05, 4.69) is 0 Å². The third-order valence-corrected chi connectivity index (χ3v) is 4.51. The fourth-order valence-corrected chi connectivity index (χ4v) is 3.41. The van der Waals surface area contributed by atoms with E-state index in [4.69, 9.17) is 19.0 Å². The summed E-state index contributed by atoms with van der Waals surface area (Å²) in [5, 5.41) is 8.95. The average molecular weight is 294 g/mol. The van der Waals surface area contributed by atoms with Crippen molar-refractivity contribution in [3.8, 4) is 5.75 Å². The third kappa shape index (κ3) is 3.30. The van der Waals surface area contributed by atoms with Crippen LogP contribution in [0.4, 0.5) is 0 Å². The first-order chi connectivity index (χ1) is 10.2. The molecule has 1 atom stereocenters. The van der Waals surface area contributed by atoms with Crippen LogP contribution in [0, 0.1) is 0 Å². The van der Waals surface area contributed by atoms with Gasteiger partial charge in [-0.15, -0.1) is 0 Å². The van der Waals surface area contributed by atoms with Crippen LogP contribution in [0.5, 0.6) is 5.75 Å². The van der Waals surface area contributed by atoms with Crippen LogP contribution < -0.4 is 10.2 Å². The van der Waals surface area contributed by atoms with Crippen LogP contribution in [0.25, 0.3) is 0 Å². The first-order valence-corrected chi connectivity index (χ1v) is 7.74. The van der Waals surface area contributed by atoms with Gasteiger partial charge in [-0.25, -0.2) is 0 Å². The maximum absolute atomic E-state index is 11.9. The van der Waals surface area contributed by atoms with E-state index in [1.807, 2.05) is 0 Å². The van der Waals surface area contributed by atoms with Crippen molar-refractivity contribution >= 4 is 0 Å². The predicted molar refractivity (Wildman–Crippen MR) is 76.3 cm³/mol. The van der Waals surface area contributed by atoms with Gasteiger partial charge in [-0.05, 0) is 12.8 Å². The zero-order valence-electron chi connectivity index (χ0n) is 12.2. The van der Waals surface area contributed by atoms with Gasteiger partial charge in [-0.1, -0.05) is 19.3 Å². The second-order valence-corrected chi connectivity index (χ2v) is 6.06. The van der Waals surface area contributed by atoms with Gasteiger partial charge in [0.15, 0.2) is 0 Å². The first kappa shape index (κ1) is 14.6. The lowest BCUT2D eigenvalue weighted by Gasteiger charge is -2.43. The number of hydrogen-bond donors (Lipinski definition) is 1. The SMILES string of the molecule is O=c1cc(CO)occ1OC1CCOC2(CCCCC2)C1. The molecule has 1 aromatic heterocycles. The van der Waals surface area contributed by atoms with Crippen molar-refractivity contribution in [3.63, 3.8) is 0 Å². The topological polar surface area (TPSA) is 68.9 Å². The van der Waals surface area contributed by atoms with Gasteiger partial charge in [0.2, 0.25) is 11.2 Å². The lowest BCUT2D eigenvalue weighted by molar-refractivity contribution is -0.130. The van der Waals surface area contributed by atoms with Crippen LogP contribution in [-0.2, 0) is 11.3 Å². The molecule has 1 aliphatic carbocycles. The normalized spacial score (nSPS) is 24.9. The van der Waals surface area contributed by atoms with Gasteiger partial charge in [-0.3, -0.25) is 4.79 Å². The Bertz CT molecular complexity index is 524. The molecule has 21 heavy (non-hydrogen) atoms. The van der Waals surface area contributed by atoms with E-state index in [1.54, 1.807) is 0 Å². The molecule has 1 saturated heterocycles. The molecule has 0 aromatic carbocycles. The Morgan fingerprint density at radius 1 is 1.33 bits per heavy atom. The lowest BCUT2D eigenvalue weighted by atomic mass is 9.79. The van der Waals surface area contributed by atoms with E-state index in [0.29, 0.717) is 6.61 Å².